The normalized spacial score (nSPS) is 15.8. The summed E-state index contributed by atoms with van der Waals surface area (Å²) in [6.45, 7) is 0. The number of nitrogens with zero attached hydrogens (tertiary/aromatic N) is 2. The first-order chi connectivity index (χ1) is 19.5. The van der Waals surface area contributed by atoms with E-state index in [1.165, 1.54) is 0 Å². The lowest BCUT2D eigenvalue weighted by atomic mass is 9.98. The van der Waals surface area contributed by atoms with E-state index in [0.29, 0.717) is 18.5 Å². The number of fused-ring (bicyclic) bond motifs is 2. The summed E-state index contributed by atoms with van der Waals surface area (Å²) in [5, 5.41) is 1.08. The standard InChI is InChI=1S/C34H27BrN2O3/c1-39-26-12-7-22(8-13-26)19-28-31(20-23-9-14-27(40-2)15-10-23)37-18-17-25(21-32(37)34(28)38)33(35)30-16-11-24-5-3-4-6-29(24)36-30/h3-18,21H,19-20H2,1-2H3. The molecule has 0 saturated carbocycles. The molecule has 0 N–H and O–H groups in total. The molecule has 6 rings (SSSR count). The first-order valence-corrected chi connectivity index (χ1v) is 13.8. The maximum Gasteiger partial charge on any atom is 0.207 e. The number of hydrogen-bond acceptors (Lipinski definition) is 5. The molecule has 198 valence electrons. The van der Waals surface area contributed by atoms with Crippen LogP contribution in [0.25, 0.3) is 15.4 Å². The van der Waals surface area contributed by atoms with Crippen LogP contribution >= 0.6 is 15.9 Å². The van der Waals surface area contributed by atoms with E-state index in [0.717, 1.165) is 60.5 Å². The van der Waals surface area contributed by atoms with E-state index in [2.05, 4.69) is 22.0 Å². The highest BCUT2D eigenvalue weighted by molar-refractivity contribution is 9.15. The summed E-state index contributed by atoms with van der Waals surface area (Å²) in [4.78, 5) is 20.8. The van der Waals surface area contributed by atoms with Gasteiger partial charge in [-0.3, -0.25) is 4.79 Å². The third-order valence-electron chi connectivity index (χ3n) is 7.25. The molecule has 2 aliphatic heterocycles. The summed E-state index contributed by atoms with van der Waals surface area (Å²) >= 11 is 3.77. The molecule has 40 heavy (non-hydrogen) atoms. The Morgan fingerprint density at radius 1 is 0.825 bits per heavy atom. The summed E-state index contributed by atoms with van der Waals surface area (Å²) in [5.74, 6) is 1.63. The van der Waals surface area contributed by atoms with Crippen molar-refractivity contribution in [2.45, 2.75) is 12.8 Å². The Kier molecular flexibility index (Phi) is 7.10. The smallest absolute Gasteiger partial charge is 0.207 e. The maximum absolute atomic E-state index is 13.9. The second-order valence-electron chi connectivity index (χ2n) is 9.68. The zero-order chi connectivity index (χ0) is 27.6. The van der Waals surface area contributed by atoms with Crippen molar-refractivity contribution in [1.82, 2.24) is 9.88 Å². The van der Waals surface area contributed by atoms with E-state index in [1.54, 1.807) is 14.2 Å². The summed E-state index contributed by atoms with van der Waals surface area (Å²) < 4.78 is 11.5. The molecule has 0 fully saturated rings. The highest BCUT2D eigenvalue weighted by Crippen LogP contribution is 2.39. The number of benzene rings is 3. The zero-order valence-electron chi connectivity index (χ0n) is 22.2. The van der Waals surface area contributed by atoms with E-state index in [9.17, 15) is 4.79 Å². The summed E-state index contributed by atoms with van der Waals surface area (Å²) in [7, 11) is 3.31. The van der Waals surface area contributed by atoms with Crippen LogP contribution in [0.2, 0.25) is 0 Å². The molecular weight excluding hydrogens is 564 g/mol. The number of allylic oxidation sites excluding steroid dienone is 5. The van der Waals surface area contributed by atoms with Gasteiger partial charge in [-0.25, -0.2) is 4.98 Å². The van der Waals surface area contributed by atoms with E-state index >= 15 is 0 Å². The third kappa shape index (κ3) is 4.98. The molecular formula is C34H27BrN2O3. The van der Waals surface area contributed by atoms with Crippen molar-refractivity contribution in [2.24, 2.45) is 0 Å². The van der Waals surface area contributed by atoms with Gasteiger partial charge in [-0.15, -0.1) is 0 Å². The number of methoxy groups -OCH3 is 2. The van der Waals surface area contributed by atoms with E-state index < -0.39 is 0 Å². The number of pyridine rings is 1. The zero-order valence-corrected chi connectivity index (χ0v) is 23.8. The first kappa shape index (κ1) is 25.8. The molecule has 0 unspecified atom stereocenters. The number of Topliss-reactive ketones (excluding diaryl/α,β-unsaturated/α-hetero) is 1. The highest BCUT2D eigenvalue weighted by atomic mass is 79.9. The van der Waals surface area contributed by atoms with E-state index in [1.807, 2.05) is 102 Å². The number of ketones is 1. The van der Waals surface area contributed by atoms with Gasteiger partial charge in [0, 0.05) is 35.7 Å². The highest BCUT2D eigenvalue weighted by Gasteiger charge is 2.35. The number of ether oxygens (including phenoxy) is 2. The minimum atomic E-state index is 0.0351. The molecule has 0 aliphatic carbocycles. The monoisotopic (exact) mass is 590 g/mol. The number of aromatic nitrogens is 1. The van der Waals surface area contributed by atoms with Gasteiger partial charge >= 0.3 is 0 Å². The van der Waals surface area contributed by atoms with Crippen LogP contribution < -0.4 is 9.47 Å². The molecule has 6 heteroatoms. The fraction of sp³-hybridized carbons (Fsp3) is 0.118. The number of rotatable bonds is 7. The first-order valence-electron chi connectivity index (χ1n) is 13.0. The second kappa shape index (κ2) is 11.0. The lowest BCUT2D eigenvalue weighted by Crippen LogP contribution is -2.17. The second-order valence-corrected chi connectivity index (χ2v) is 10.5. The molecule has 0 saturated heterocycles. The minimum Gasteiger partial charge on any atom is -0.497 e. The van der Waals surface area contributed by atoms with Crippen molar-refractivity contribution in [1.29, 1.82) is 0 Å². The average Bonchev–Trinajstić information content (AvgIpc) is 3.26. The molecule has 0 bridgehead atoms. The number of carbonyl (C=O) groups excluding carboxylic acids is 1. The third-order valence-corrected chi connectivity index (χ3v) is 8.11. The van der Waals surface area contributed by atoms with Gasteiger partial charge in [-0.1, -0.05) is 48.5 Å². The van der Waals surface area contributed by atoms with Crippen LogP contribution in [0.3, 0.4) is 0 Å². The SMILES string of the molecule is COc1ccc(CC2=C(Cc3ccc(OC)cc3)N3C=CC(=C(Br)c4ccc5ccccc5n4)C=C3C2=O)cc1. The van der Waals surface area contributed by atoms with Crippen LogP contribution in [0, 0.1) is 0 Å². The van der Waals surface area contributed by atoms with Gasteiger partial charge in [0.1, 0.15) is 11.5 Å². The summed E-state index contributed by atoms with van der Waals surface area (Å²) in [6, 6.07) is 28.0. The van der Waals surface area contributed by atoms with Crippen molar-refractivity contribution >= 4 is 37.1 Å². The molecule has 3 heterocycles. The Morgan fingerprint density at radius 3 is 2.15 bits per heavy atom. The van der Waals surface area contributed by atoms with Crippen molar-refractivity contribution < 1.29 is 14.3 Å². The molecule has 5 nitrogen and oxygen atoms in total. The number of para-hydroxylation sites is 1. The molecule has 0 atom stereocenters. The fourth-order valence-electron chi connectivity index (χ4n) is 5.07. The lowest BCUT2D eigenvalue weighted by Gasteiger charge is -2.23. The Morgan fingerprint density at radius 2 is 1.48 bits per heavy atom. The Bertz CT molecular complexity index is 1730. The van der Waals surface area contributed by atoms with Gasteiger partial charge in [0.25, 0.3) is 0 Å². The topological polar surface area (TPSA) is 51.7 Å². The van der Waals surface area contributed by atoms with Crippen LogP contribution in [0.15, 0.2) is 126 Å². The van der Waals surface area contributed by atoms with E-state index in [-0.39, 0.29) is 5.78 Å². The van der Waals surface area contributed by atoms with E-state index in [4.69, 9.17) is 14.5 Å². The predicted molar refractivity (Wildman–Crippen MR) is 162 cm³/mol. The molecule has 0 amide bonds. The minimum absolute atomic E-state index is 0.0351. The lowest BCUT2D eigenvalue weighted by molar-refractivity contribution is -0.112. The largest absolute Gasteiger partial charge is 0.497 e. The predicted octanol–water partition coefficient (Wildman–Crippen LogP) is 7.39. The number of halogens is 1. The molecule has 0 radical (unpaired) electrons. The summed E-state index contributed by atoms with van der Waals surface area (Å²) in [5.41, 5.74) is 7.21. The van der Waals surface area contributed by atoms with Gasteiger partial charge < -0.3 is 14.4 Å². The van der Waals surface area contributed by atoms with Crippen LogP contribution in [-0.4, -0.2) is 29.9 Å². The van der Waals surface area contributed by atoms with Crippen molar-refractivity contribution in [3.8, 4) is 11.5 Å². The molecule has 0 spiro atoms. The van der Waals surface area contributed by atoms with Crippen LogP contribution in [0.1, 0.15) is 16.8 Å². The Labute approximate surface area is 241 Å². The van der Waals surface area contributed by atoms with Crippen molar-refractivity contribution in [3.63, 3.8) is 0 Å². The fourth-order valence-corrected chi connectivity index (χ4v) is 5.54. The van der Waals surface area contributed by atoms with Gasteiger partial charge in [0.15, 0.2) is 0 Å². The van der Waals surface area contributed by atoms with Crippen LogP contribution in [0.4, 0.5) is 0 Å². The molecule has 4 aromatic rings. The molecule has 3 aromatic carbocycles. The molecule has 2 aliphatic rings. The van der Waals surface area contributed by atoms with Gasteiger partial charge in [0.05, 0.1) is 35.6 Å². The summed E-state index contributed by atoms with van der Waals surface area (Å²) in [6.07, 6.45) is 7.13. The average molecular weight is 592 g/mol. The quantitative estimate of drug-likeness (QED) is 0.224. The van der Waals surface area contributed by atoms with Crippen molar-refractivity contribution in [3.05, 3.63) is 143 Å². The van der Waals surface area contributed by atoms with Gasteiger partial charge in [0.2, 0.25) is 5.78 Å². The van der Waals surface area contributed by atoms with Gasteiger partial charge in [-0.05, 0) is 81.2 Å². The van der Waals surface area contributed by atoms with Gasteiger partial charge in [-0.2, -0.15) is 0 Å². The Hall–Kier alpha value is -4.42. The number of carbonyl (C=O) groups is 1. The number of hydrogen-bond donors (Lipinski definition) is 0. The molecule has 1 aromatic heterocycles. The Balaban J connectivity index is 1.37. The maximum atomic E-state index is 13.9. The van der Waals surface area contributed by atoms with Crippen molar-refractivity contribution in [2.75, 3.05) is 14.2 Å². The van der Waals surface area contributed by atoms with Crippen LogP contribution in [-0.2, 0) is 17.6 Å². The van der Waals surface area contributed by atoms with Crippen LogP contribution in [0.5, 0.6) is 11.5 Å².